The van der Waals surface area contributed by atoms with Crippen molar-refractivity contribution in [1.29, 1.82) is 0 Å². The van der Waals surface area contributed by atoms with Crippen LogP contribution in [0, 0.1) is 12.8 Å². The molecule has 0 spiro atoms. The van der Waals surface area contributed by atoms with Gasteiger partial charge in [0.1, 0.15) is 0 Å². The van der Waals surface area contributed by atoms with Gasteiger partial charge in [0, 0.05) is 0 Å². The summed E-state index contributed by atoms with van der Waals surface area (Å²) < 4.78 is 0. The Bertz CT molecular complexity index is 453. The molecule has 0 heterocycles. The molecule has 0 unspecified atom stereocenters. The Morgan fingerprint density at radius 1 is 1.11 bits per heavy atom. The van der Waals surface area contributed by atoms with Crippen molar-refractivity contribution in [1.82, 2.24) is 0 Å². The van der Waals surface area contributed by atoms with Gasteiger partial charge in [-0.15, -0.1) is 0 Å². The summed E-state index contributed by atoms with van der Waals surface area (Å²) in [4.78, 5) is 0. The summed E-state index contributed by atoms with van der Waals surface area (Å²) in [5, 5.41) is 0. The van der Waals surface area contributed by atoms with Gasteiger partial charge in [0.15, 0.2) is 0 Å². The monoisotopic (exact) mass is 242 g/mol. The average Bonchev–Trinajstić information content (AvgIpc) is 2.88. The summed E-state index contributed by atoms with van der Waals surface area (Å²) in [7, 11) is 0. The predicted octanol–water partition coefficient (Wildman–Crippen LogP) is 5.12. The van der Waals surface area contributed by atoms with Gasteiger partial charge in [-0.2, -0.15) is 0 Å². The maximum atomic E-state index is 2.49. The third-order valence-corrected chi connectivity index (χ3v) is 5.39. The lowest BCUT2D eigenvalue weighted by molar-refractivity contribution is 0.418. The Hall–Kier alpha value is -0.780. The van der Waals surface area contributed by atoms with Crippen molar-refractivity contribution in [2.24, 2.45) is 5.92 Å². The Labute approximate surface area is 112 Å². The lowest BCUT2D eigenvalue weighted by Crippen LogP contribution is -2.21. The maximum absolute atomic E-state index is 2.49. The largest absolute Gasteiger partial charge is 0.0582 e. The van der Waals surface area contributed by atoms with E-state index in [1.54, 1.807) is 5.56 Å². The van der Waals surface area contributed by atoms with E-state index < -0.39 is 0 Å². The van der Waals surface area contributed by atoms with Crippen LogP contribution in [0.4, 0.5) is 0 Å². The molecule has 3 rings (SSSR count). The first-order chi connectivity index (χ1) is 8.41. The van der Waals surface area contributed by atoms with Gasteiger partial charge < -0.3 is 0 Å². The minimum atomic E-state index is 0.272. The van der Waals surface area contributed by atoms with E-state index >= 15 is 0 Å². The number of hydrogen-bond donors (Lipinski definition) is 0. The van der Waals surface area contributed by atoms with Gasteiger partial charge in [0.25, 0.3) is 0 Å². The fraction of sp³-hybridized carbons (Fsp3) is 0.667. The average molecular weight is 242 g/mol. The molecule has 2 aliphatic rings. The summed E-state index contributed by atoms with van der Waals surface area (Å²) >= 11 is 0. The minimum absolute atomic E-state index is 0.272. The Morgan fingerprint density at radius 2 is 1.78 bits per heavy atom. The zero-order valence-electron chi connectivity index (χ0n) is 12.3. The third kappa shape index (κ3) is 1.81. The van der Waals surface area contributed by atoms with E-state index in [1.807, 2.05) is 0 Å². The molecule has 0 atom stereocenters. The van der Waals surface area contributed by atoms with Crippen molar-refractivity contribution in [2.75, 3.05) is 0 Å². The van der Waals surface area contributed by atoms with Crippen LogP contribution in [-0.4, -0.2) is 0 Å². The van der Waals surface area contributed by atoms with Crippen LogP contribution in [0.25, 0.3) is 0 Å². The summed E-state index contributed by atoms with van der Waals surface area (Å²) in [6, 6.07) is 7.32. The fourth-order valence-electron chi connectivity index (χ4n) is 4.43. The van der Waals surface area contributed by atoms with Gasteiger partial charge >= 0.3 is 0 Å². The molecule has 0 saturated heterocycles. The van der Waals surface area contributed by atoms with E-state index in [-0.39, 0.29) is 5.41 Å². The fourth-order valence-corrected chi connectivity index (χ4v) is 4.43. The van der Waals surface area contributed by atoms with Crippen LogP contribution in [0.5, 0.6) is 0 Å². The summed E-state index contributed by atoms with van der Waals surface area (Å²) in [6.07, 6.45) is 7.28. The lowest BCUT2D eigenvalue weighted by Gasteiger charge is -2.29. The molecule has 0 nitrogen and oxygen atoms in total. The van der Waals surface area contributed by atoms with Crippen molar-refractivity contribution in [3.63, 3.8) is 0 Å². The number of rotatable bonds is 1. The third-order valence-electron chi connectivity index (χ3n) is 5.39. The summed E-state index contributed by atoms with van der Waals surface area (Å²) in [5.74, 6) is 1.03. The number of fused-ring (bicyclic) bond motifs is 2. The van der Waals surface area contributed by atoms with Crippen LogP contribution >= 0.6 is 0 Å². The quantitative estimate of drug-likeness (QED) is 0.641. The van der Waals surface area contributed by atoms with Crippen LogP contribution < -0.4 is 0 Å². The molecule has 98 valence electrons. The number of aryl methyl sites for hydroxylation is 1. The van der Waals surface area contributed by atoms with Crippen LogP contribution in [0.3, 0.4) is 0 Å². The van der Waals surface area contributed by atoms with Crippen molar-refractivity contribution < 1.29 is 0 Å². The highest BCUT2D eigenvalue weighted by Crippen LogP contribution is 2.55. The Kier molecular flexibility index (Phi) is 2.63. The van der Waals surface area contributed by atoms with Crippen molar-refractivity contribution in [2.45, 2.75) is 70.6 Å². The zero-order chi connectivity index (χ0) is 13.0. The minimum Gasteiger partial charge on any atom is -0.0582 e. The molecule has 1 aromatic rings. The molecule has 2 fully saturated rings. The number of hydrogen-bond acceptors (Lipinski definition) is 0. The highest BCUT2D eigenvalue weighted by molar-refractivity contribution is 5.40. The van der Waals surface area contributed by atoms with Crippen LogP contribution in [-0.2, 0) is 10.8 Å². The van der Waals surface area contributed by atoms with Gasteiger partial charge in [-0.1, -0.05) is 39.0 Å². The first-order valence-corrected chi connectivity index (χ1v) is 7.52. The predicted molar refractivity (Wildman–Crippen MR) is 78.1 cm³/mol. The molecule has 2 saturated carbocycles. The van der Waals surface area contributed by atoms with Gasteiger partial charge in [-0.3, -0.25) is 0 Å². The molecular formula is C18H26. The van der Waals surface area contributed by atoms with E-state index in [9.17, 15) is 0 Å². The van der Waals surface area contributed by atoms with Crippen LogP contribution in [0.1, 0.15) is 69.6 Å². The Morgan fingerprint density at radius 3 is 2.22 bits per heavy atom. The second kappa shape index (κ2) is 3.85. The summed E-state index contributed by atoms with van der Waals surface area (Å²) in [6.45, 7) is 9.24. The summed E-state index contributed by atoms with van der Waals surface area (Å²) in [5.41, 5.74) is 5.47. The molecule has 0 N–H and O–H groups in total. The highest BCUT2D eigenvalue weighted by atomic mass is 14.5. The van der Waals surface area contributed by atoms with E-state index in [0.29, 0.717) is 5.41 Å². The van der Waals surface area contributed by atoms with E-state index in [0.717, 1.165) is 5.92 Å². The van der Waals surface area contributed by atoms with E-state index in [4.69, 9.17) is 0 Å². The Balaban J connectivity index is 1.98. The van der Waals surface area contributed by atoms with Gasteiger partial charge in [-0.05, 0) is 72.5 Å². The van der Waals surface area contributed by atoms with Gasteiger partial charge in [0.05, 0.1) is 0 Å². The number of benzene rings is 1. The normalized spacial score (nSPS) is 31.0. The molecule has 1 aromatic carbocycles. The molecule has 2 bridgehead atoms. The highest BCUT2D eigenvalue weighted by Gasteiger charge is 2.45. The molecule has 18 heavy (non-hydrogen) atoms. The molecule has 0 aliphatic heterocycles. The standard InChI is InChI=1S/C18H26/c1-13-11-15(5-6-16(13)17(2,3)4)18-9-7-14(12-18)8-10-18/h5-6,11,14H,7-10,12H2,1-4H3. The second-order valence-corrected chi connectivity index (χ2v) is 7.71. The maximum Gasteiger partial charge on any atom is -0.00440 e. The SMILES string of the molecule is Cc1cc(C23CCC(CC2)C3)ccc1C(C)(C)C. The van der Waals surface area contributed by atoms with Crippen molar-refractivity contribution in [3.8, 4) is 0 Å². The van der Waals surface area contributed by atoms with Crippen LogP contribution in [0.2, 0.25) is 0 Å². The van der Waals surface area contributed by atoms with Crippen LogP contribution in [0.15, 0.2) is 18.2 Å². The molecule has 2 aliphatic carbocycles. The lowest BCUT2D eigenvalue weighted by atomic mass is 9.75. The molecule has 0 heteroatoms. The molecule has 0 radical (unpaired) electrons. The smallest absolute Gasteiger partial charge is 0.00440 e. The van der Waals surface area contributed by atoms with Gasteiger partial charge in [-0.25, -0.2) is 0 Å². The topological polar surface area (TPSA) is 0 Å². The van der Waals surface area contributed by atoms with Gasteiger partial charge in [0.2, 0.25) is 0 Å². The van der Waals surface area contributed by atoms with E-state index in [1.165, 1.54) is 43.2 Å². The second-order valence-electron chi connectivity index (χ2n) is 7.71. The molecule has 0 aromatic heterocycles. The zero-order valence-corrected chi connectivity index (χ0v) is 12.3. The van der Waals surface area contributed by atoms with Crippen molar-refractivity contribution >= 4 is 0 Å². The first-order valence-electron chi connectivity index (χ1n) is 7.52. The van der Waals surface area contributed by atoms with E-state index in [2.05, 4.69) is 45.9 Å². The van der Waals surface area contributed by atoms with Crippen molar-refractivity contribution in [3.05, 3.63) is 34.9 Å². The molecule has 0 amide bonds. The molecular weight excluding hydrogens is 216 g/mol. The first kappa shape index (κ1) is 12.3.